The van der Waals surface area contributed by atoms with Crippen LogP contribution in [0.15, 0.2) is 0 Å². The molecule has 0 saturated carbocycles. The normalized spacial score (nSPS) is 12.9. The van der Waals surface area contributed by atoms with Gasteiger partial charge < -0.3 is 0 Å². The van der Waals surface area contributed by atoms with Crippen LogP contribution in [-0.2, 0) is 0 Å². The maximum absolute atomic E-state index is 2.74. The molecule has 1 unspecified atom stereocenters. The minimum absolute atomic E-state index is 0.832. The molecule has 1 radical (unpaired) electrons. The van der Waals surface area contributed by atoms with Crippen molar-refractivity contribution in [2.75, 3.05) is 0 Å². The molecule has 0 saturated heterocycles. The fourth-order valence-corrected chi connectivity index (χ4v) is 3.81. The van der Waals surface area contributed by atoms with E-state index in [-0.39, 0.29) is 0 Å². The molecule has 0 aliphatic heterocycles. The van der Waals surface area contributed by atoms with E-state index in [0.717, 1.165) is 11.8 Å². The van der Waals surface area contributed by atoms with Crippen LogP contribution >= 0.6 is 0 Å². The highest BCUT2D eigenvalue weighted by molar-refractivity contribution is 4.81. The summed E-state index contributed by atoms with van der Waals surface area (Å²) in [4.78, 5) is 0. The second kappa shape index (κ2) is 19.3. The van der Waals surface area contributed by atoms with Crippen LogP contribution in [0.1, 0.15) is 137 Å². The number of rotatable bonds is 19. The van der Waals surface area contributed by atoms with Crippen molar-refractivity contribution in [2.45, 2.75) is 137 Å². The molecule has 0 nitrogen and oxygen atoms in total. The van der Waals surface area contributed by atoms with Crippen LogP contribution in [-0.4, -0.2) is 0 Å². The van der Waals surface area contributed by atoms with Crippen molar-refractivity contribution in [3.8, 4) is 0 Å². The molecular weight excluding hydrogens is 288 g/mol. The van der Waals surface area contributed by atoms with Crippen LogP contribution < -0.4 is 0 Å². The number of hydrogen-bond donors (Lipinski definition) is 0. The minimum atomic E-state index is 0.832. The van der Waals surface area contributed by atoms with E-state index in [1.54, 1.807) is 0 Å². The van der Waals surface area contributed by atoms with Crippen molar-refractivity contribution in [1.82, 2.24) is 0 Å². The first kappa shape index (κ1) is 24.0. The van der Waals surface area contributed by atoms with Gasteiger partial charge in [-0.25, -0.2) is 0 Å². The smallest absolute Gasteiger partial charge is 0.0326 e. The summed E-state index contributed by atoms with van der Waals surface area (Å²) in [5, 5.41) is 0. The van der Waals surface area contributed by atoms with Gasteiger partial charge in [0.25, 0.3) is 0 Å². The third kappa shape index (κ3) is 16.8. The van der Waals surface area contributed by atoms with Crippen molar-refractivity contribution in [3.63, 3.8) is 0 Å². The van der Waals surface area contributed by atoms with Gasteiger partial charge in [-0.15, -0.1) is 0 Å². The molecule has 0 spiro atoms. The molecule has 0 bridgehead atoms. The van der Waals surface area contributed by atoms with E-state index >= 15 is 0 Å². The molecule has 0 aliphatic carbocycles. The summed E-state index contributed by atoms with van der Waals surface area (Å²) in [6.45, 7) is 9.41. The van der Waals surface area contributed by atoms with E-state index < -0.39 is 0 Å². The van der Waals surface area contributed by atoms with Gasteiger partial charge in [0.1, 0.15) is 0 Å². The van der Waals surface area contributed by atoms with Crippen molar-refractivity contribution in [2.24, 2.45) is 11.8 Å². The lowest BCUT2D eigenvalue weighted by atomic mass is 9.85. The Bertz CT molecular complexity index is 208. The lowest BCUT2D eigenvalue weighted by molar-refractivity contribution is 0.398. The van der Waals surface area contributed by atoms with Crippen LogP contribution in [0.4, 0.5) is 0 Å². The number of hydrogen-bond acceptors (Lipinski definition) is 0. The molecule has 0 heteroatoms. The fraction of sp³-hybridized carbons (Fsp3) is 0.958. The van der Waals surface area contributed by atoms with Crippen molar-refractivity contribution in [1.29, 1.82) is 0 Å². The molecule has 0 rings (SSSR count). The Morgan fingerprint density at radius 1 is 0.500 bits per heavy atom. The van der Waals surface area contributed by atoms with Gasteiger partial charge in [0.15, 0.2) is 0 Å². The Balaban J connectivity index is 3.87. The fourth-order valence-electron chi connectivity index (χ4n) is 3.81. The van der Waals surface area contributed by atoms with Gasteiger partial charge >= 0.3 is 0 Å². The Hall–Kier alpha value is 0. The van der Waals surface area contributed by atoms with Gasteiger partial charge in [-0.3, -0.25) is 0 Å². The maximum atomic E-state index is 2.74. The molecule has 0 aliphatic rings. The largest absolute Gasteiger partial charge is 0.0654 e. The molecule has 1 atom stereocenters. The van der Waals surface area contributed by atoms with Crippen LogP contribution in [0.25, 0.3) is 0 Å². The minimum Gasteiger partial charge on any atom is -0.0654 e. The van der Waals surface area contributed by atoms with Crippen molar-refractivity contribution in [3.05, 3.63) is 6.42 Å². The molecule has 145 valence electrons. The average molecular weight is 338 g/mol. The van der Waals surface area contributed by atoms with Crippen LogP contribution in [0.2, 0.25) is 0 Å². The van der Waals surface area contributed by atoms with Gasteiger partial charge in [0, 0.05) is 0 Å². The first-order valence-corrected chi connectivity index (χ1v) is 11.6. The van der Waals surface area contributed by atoms with Gasteiger partial charge in [-0.2, -0.15) is 0 Å². The standard InChI is InChI=1S/C24H49/c1-5-8-11-14-15-16-19-23(4)22-24(20-17-12-9-6-2)21-18-13-10-7-3/h22-24H,5-21H2,1-4H3. The van der Waals surface area contributed by atoms with E-state index in [1.165, 1.54) is 109 Å². The molecule has 24 heavy (non-hydrogen) atoms. The summed E-state index contributed by atoms with van der Waals surface area (Å²) in [7, 11) is 0. The first-order chi connectivity index (χ1) is 11.7. The Morgan fingerprint density at radius 2 is 0.875 bits per heavy atom. The van der Waals surface area contributed by atoms with Gasteiger partial charge in [0.05, 0.1) is 0 Å². The first-order valence-electron chi connectivity index (χ1n) is 11.6. The molecule has 0 heterocycles. The van der Waals surface area contributed by atoms with E-state index in [0.29, 0.717) is 0 Å². The second-order valence-corrected chi connectivity index (χ2v) is 8.18. The lowest BCUT2D eigenvalue weighted by Crippen LogP contribution is -2.08. The highest BCUT2D eigenvalue weighted by atomic mass is 14.2. The van der Waals surface area contributed by atoms with Crippen LogP contribution in [0.3, 0.4) is 0 Å². The second-order valence-electron chi connectivity index (χ2n) is 8.18. The van der Waals surface area contributed by atoms with Crippen LogP contribution in [0, 0.1) is 18.3 Å². The summed E-state index contributed by atoms with van der Waals surface area (Å²) in [6.07, 6.45) is 27.0. The third-order valence-corrected chi connectivity index (χ3v) is 5.47. The van der Waals surface area contributed by atoms with E-state index in [4.69, 9.17) is 0 Å². The summed E-state index contributed by atoms with van der Waals surface area (Å²) in [5.74, 6) is 1.73. The summed E-state index contributed by atoms with van der Waals surface area (Å²) >= 11 is 0. The van der Waals surface area contributed by atoms with E-state index in [1.807, 2.05) is 0 Å². The summed E-state index contributed by atoms with van der Waals surface area (Å²) in [6, 6.07) is 0. The topological polar surface area (TPSA) is 0 Å². The highest BCUT2D eigenvalue weighted by Gasteiger charge is 2.13. The van der Waals surface area contributed by atoms with Gasteiger partial charge in [-0.05, 0) is 18.3 Å². The predicted molar refractivity (Wildman–Crippen MR) is 112 cm³/mol. The third-order valence-electron chi connectivity index (χ3n) is 5.47. The molecular formula is C24H49. The zero-order valence-corrected chi connectivity index (χ0v) is 17.8. The Labute approximate surface area is 155 Å². The monoisotopic (exact) mass is 337 g/mol. The maximum Gasteiger partial charge on any atom is -0.0326 e. The zero-order valence-electron chi connectivity index (χ0n) is 17.8. The van der Waals surface area contributed by atoms with E-state index in [9.17, 15) is 0 Å². The van der Waals surface area contributed by atoms with E-state index in [2.05, 4.69) is 34.1 Å². The zero-order chi connectivity index (χ0) is 17.9. The quantitative estimate of drug-likeness (QED) is 0.206. The molecule has 0 amide bonds. The Morgan fingerprint density at radius 3 is 1.38 bits per heavy atom. The molecule has 0 aromatic heterocycles. The van der Waals surface area contributed by atoms with Gasteiger partial charge in [-0.1, -0.05) is 137 Å². The highest BCUT2D eigenvalue weighted by Crippen LogP contribution is 2.26. The predicted octanol–water partition coefficient (Wildman–Crippen LogP) is 9.13. The molecule has 0 aromatic carbocycles. The number of unbranched alkanes of at least 4 members (excludes halogenated alkanes) is 11. The summed E-state index contributed by atoms with van der Waals surface area (Å²) in [5.41, 5.74) is 0. The molecule has 0 N–H and O–H groups in total. The van der Waals surface area contributed by atoms with Gasteiger partial charge in [0.2, 0.25) is 0 Å². The molecule has 0 aromatic rings. The lowest BCUT2D eigenvalue weighted by Gasteiger charge is -2.21. The van der Waals surface area contributed by atoms with Crippen molar-refractivity contribution >= 4 is 0 Å². The van der Waals surface area contributed by atoms with Crippen LogP contribution in [0.5, 0.6) is 0 Å². The summed E-state index contributed by atoms with van der Waals surface area (Å²) < 4.78 is 0. The Kier molecular flexibility index (Phi) is 19.3. The SMILES string of the molecule is CCCCCCCCC(C)[CH]C(CCCCCC)CCCCCC. The molecule has 0 fully saturated rings. The average Bonchev–Trinajstić information content (AvgIpc) is 2.58. The van der Waals surface area contributed by atoms with Crippen molar-refractivity contribution < 1.29 is 0 Å².